The normalized spacial score (nSPS) is 11.0. The molecule has 4 aromatic rings. The molecule has 2 aromatic carbocycles. The first-order valence-corrected chi connectivity index (χ1v) is 13.3. The van der Waals surface area contributed by atoms with Crippen LogP contribution in [0.3, 0.4) is 0 Å². The van der Waals surface area contributed by atoms with Crippen LogP contribution in [0.25, 0.3) is 11.3 Å². The number of carbonyl (C=O) groups is 2. The van der Waals surface area contributed by atoms with E-state index in [4.69, 9.17) is 9.47 Å². The van der Waals surface area contributed by atoms with Crippen molar-refractivity contribution in [3.8, 4) is 17.0 Å². The van der Waals surface area contributed by atoms with E-state index in [2.05, 4.69) is 15.0 Å². The zero-order chi connectivity index (χ0) is 24.8. The standard InChI is InChI=1S/C23H19N3O6S3/c1-31-18-10-6-15(7-11-18)19-14-34-23(24-19)25-20(27)13-32-22(28)16-4-8-17(9-5-16)26-35(29,30)21-3-2-12-33-21/h2-12,14,26H,13H2,1H3,(H,24,25,27). The van der Waals surface area contributed by atoms with E-state index >= 15 is 0 Å². The Morgan fingerprint density at radius 1 is 1.00 bits per heavy atom. The van der Waals surface area contributed by atoms with Crippen LogP contribution in [0.4, 0.5) is 10.8 Å². The second kappa shape index (κ2) is 10.7. The first-order valence-electron chi connectivity index (χ1n) is 10.1. The van der Waals surface area contributed by atoms with Gasteiger partial charge in [-0.2, -0.15) is 0 Å². The number of esters is 1. The van der Waals surface area contributed by atoms with Gasteiger partial charge < -0.3 is 9.47 Å². The number of hydrogen-bond acceptors (Lipinski definition) is 9. The van der Waals surface area contributed by atoms with Crippen LogP contribution in [0.1, 0.15) is 10.4 Å². The minimum absolute atomic E-state index is 0.174. The largest absolute Gasteiger partial charge is 0.497 e. The summed E-state index contributed by atoms with van der Waals surface area (Å²) in [4.78, 5) is 28.8. The van der Waals surface area contributed by atoms with Crippen molar-refractivity contribution in [3.05, 3.63) is 77.0 Å². The van der Waals surface area contributed by atoms with E-state index in [0.717, 1.165) is 22.6 Å². The van der Waals surface area contributed by atoms with E-state index < -0.39 is 28.5 Å². The van der Waals surface area contributed by atoms with Crippen molar-refractivity contribution in [2.45, 2.75) is 4.21 Å². The number of nitrogens with one attached hydrogen (secondary N) is 2. The highest BCUT2D eigenvalue weighted by Gasteiger charge is 2.16. The smallest absolute Gasteiger partial charge is 0.338 e. The number of carbonyl (C=O) groups excluding carboxylic acids is 2. The molecule has 4 rings (SSSR count). The molecule has 35 heavy (non-hydrogen) atoms. The highest BCUT2D eigenvalue weighted by molar-refractivity contribution is 7.94. The molecule has 0 saturated carbocycles. The molecule has 1 amide bonds. The van der Waals surface area contributed by atoms with Crippen molar-refractivity contribution in [1.29, 1.82) is 0 Å². The lowest BCUT2D eigenvalue weighted by Gasteiger charge is -2.08. The summed E-state index contributed by atoms with van der Waals surface area (Å²) in [6.07, 6.45) is 0. The number of benzene rings is 2. The van der Waals surface area contributed by atoms with Gasteiger partial charge in [-0.15, -0.1) is 22.7 Å². The van der Waals surface area contributed by atoms with Crippen molar-refractivity contribution in [2.75, 3.05) is 23.8 Å². The number of thiazole rings is 1. The molecule has 0 saturated heterocycles. The number of hydrogen-bond donors (Lipinski definition) is 2. The number of sulfonamides is 1. The average molecular weight is 530 g/mol. The third-order valence-electron chi connectivity index (χ3n) is 4.60. The van der Waals surface area contributed by atoms with Gasteiger partial charge in [-0.05, 0) is 60.0 Å². The van der Waals surface area contributed by atoms with E-state index in [-0.39, 0.29) is 9.77 Å². The van der Waals surface area contributed by atoms with Gasteiger partial charge in [0.2, 0.25) is 0 Å². The molecular formula is C23H19N3O6S3. The SMILES string of the molecule is COc1ccc(-c2csc(NC(=O)COC(=O)c3ccc(NS(=O)(=O)c4cccs4)cc3)n2)cc1. The number of aromatic nitrogens is 1. The first-order chi connectivity index (χ1) is 16.8. The predicted octanol–water partition coefficient (Wildman–Crippen LogP) is 4.48. The monoisotopic (exact) mass is 529 g/mol. The van der Waals surface area contributed by atoms with Crippen molar-refractivity contribution in [1.82, 2.24) is 4.98 Å². The summed E-state index contributed by atoms with van der Waals surface area (Å²) in [5.41, 5.74) is 2.03. The number of thiophene rings is 1. The van der Waals surface area contributed by atoms with Crippen LogP contribution in [0, 0.1) is 0 Å². The molecule has 0 radical (unpaired) electrons. The lowest BCUT2D eigenvalue weighted by atomic mass is 10.2. The van der Waals surface area contributed by atoms with Crippen LogP contribution in [0.15, 0.2) is 75.6 Å². The molecule has 0 unspecified atom stereocenters. The number of ether oxygens (including phenoxy) is 2. The van der Waals surface area contributed by atoms with E-state index in [1.807, 2.05) is 24.3 Å². The average Bonchev–Trinajstić information content (AvgIpc) is 3.56. The number of amides is 1. The highest BCUT2D eigenvalue weighted by Crippen LogP contribution is 2.26. The maximum absolute atomic E-state index is 12.3. The Morgan fingerprint density at radius 3 is 2.40 bits per heavy atom. The minimum Gasteiger partial charge on any atom is -0.497 e. The van der Waals surface area contributed by atoms with Gasteiger partial charge in [-0.1, -0.05) is 6.07 Å². The molecule has 2 heterocycles. The van der Waals surface area contributed by atoms with Gasteiger partial charge in [0.05, 0.1) is 18.4 Å². The Labute approximate surface area is 209 Å². The second-order valence-corrected chi connectivity index (χ2v) is 10.7. The van der Waals surface area contributed by atoms with E-state index in [1.54, 1.807) is 23.9 Å². The molecule has 180 valence electrons. The summed E-state index contributed by atoms with van der Waals surface area (Å²) in [5, 5.41) is 6.44. The summed E-state index contributed by atoms with van der Waals surface area (Å²) in [5.74, 6) is -0.520. The molecule has 0 aliphatic rings. The van der Waals surface area contributed by atoms with Gasteiger partial charge in [-0.25, -0.2) is 18.2 Å². The van der Waals surface area contributed by atoms with E-state index in [0.29, 0.717) is 16.5 Å². The lowest BCUT2D eigenvalue weighted by Crippen LogP contribution is -2.20. The van der Waals surface area contributed by atoms with E-state index in [9.17, 15) is 18.0 Å². The molecule has 0 bridgehead atoms. The molecule has 0 aliphatic carbocycles. The highest BCUT2D eigenvalue weighted by atomic mass is 32.2. The van der Waals surface area contributed by atoms with Crippen molar-refractivity contribution < 1.29 is 27.5 Å². The molecule has 0 spiro atoms. The van der Waals surface area contributed by atoms with Crippen LogP contribution in [-0.4, -0.2) is 39.0 Å². The van der Waals surface area contributed by atoms with Gasteiger partial charge in [0.25, 0.3) is 15.9 Å². The summed E-state index contributed by atoms with van der Waals surface area (Å²) in [6.45, 7) is -0.497. The summed E-state index contributed by atoms with van der Waals surface area (Å²) in [6, 6.07) is 16.2. The maximum atomic E-state index is 12.3. The van der Waals surface area contributed by atoms with Crippen molar-refractivity contribution >= 4 is 55.4 Å². The van der Waals surface area contributed by atoms with Gasteiger partial charge in [0, 0.05) is 16.6 Å². The zero-order valence-electron chi connectivity index (χ0n) is 18.3. The Morgan fingerprint density at radius 2 is 1.74 bits per heavy atom. The minimum atomic E-state index is -3.68. The number of nitrogens with zero attached hydrogens (tertiary/aromatic N) is 1. The third-order valence-corrected chi connectivity index (χ3v) is 8.14. The first kappa shape index (κ1) is 24.4. The van der Waals surface area contributed by atoms with Gasteiger partial charge in [0.15, 0.2) is 11.7 Å². The maximum Gasteiger partial charge on any atom is 0.338 e. The summed E-state index contributed by atoms with van der Waals surface area (Å²) >= 11 is 2.35. The topological polar surface area (TPSA) is 124 Å². The number of rotatable bonds is 9. The van der Waals surface area contributed by atoms with E-state index in [1.165, 1.54) is 41.7 Å². The molecule has 0 fully saturated rings. The second-order valence-electron chi connectivity index (χ2n) is 7.01. The van der Waals surface area contributed by atoms with Gasteiger partial charge in [0.1, 0.15) is 9.96 Å². The summed E-state index contributed by atoms with van der Waals surface area (Å²) in [7, 11) is -2.10. The number of anilines is 2. The van der Waals surface area contributed by atoms with Crippen molar-refractivity contribution in [3.63, 3.8) is 0 Å². The third kappa shape index (κ3) is 6.23. The molecular weight excluding hydrogens is 510 g/mol. The fraction of sp³-hybridized carbons (Fsp3) is 0.0870. The Hall–Kier alpha value is -3.74. The fourth-order valence-corrected chi connectivity index (χ4v) is 5.68. The molecule has 9 nitrogen and oxygen atoms in total. The van der Waals surface area contributed by atoms with Gasteiger partial charge >= 0.3 is 5.97 Å². The zero-order valence-corrected chi connectivity index (χ0v) is 20.7. The molecule has 12 heteroatoms. The Balaban J connectivity index is 1.28. The lowest BCUT2D eigenvalue weighted by molar-refractivity contribution is -0.119. The molecule has 0 aliphatic heterocycles. The Kier molecular flexibility index (Phi) is 7.44. The molecule has 2 N–H and O–H groups in total. The van der Waals surface area contributed by atoms with Crippen molar-refractivity contribution in [2.24, 2.45) is 0 Å². The van der Waals surface area contributed by atoms with Gasteiger partial charge in [-0.3, -0.25) is 14.8 Å². The van der Waals surface area contributed by atoms with Crippen LogP contribution in [-0.2, 0) is 19.6 Å². The quantitative estimate of drug-likeness (QED) is 0.307. The number of methoxy groups -OCH3 is 1. The van der Waals surface area contributed by atoms with Crippen LogP contribution in [0.5, 0.6) is 5.75 Å². The predicted molar refractivity (Wildman–Crippen MR) is 135 cm³/mol. The van der Waals surface area contributed by atoms with Crippen LogP contribution in [0.2, 0.25) is 0 Å². The molecule has 0 atom stereocenters. The Bertz CT molecular complexity index is 1410. The molecule has 2 aromatic heterocycles. The van der Waals surface area contributed by atoms with Crippen LogP contribution < -0.4 is 14.8 Å². The fourth-order valence-electron chi connectivity index (χ4n) is 2.89. The summed E-state index contributed by atoms with van der Waals surface area (Å²) < 4.78 is 37.4. The van der Waals surface area contributed by atoms with Crippen LogP contribution >= 0.6 is 22.7 Å².